The second kappa shape index (κ2) is 7.96. The van der Waals surface area contributed by atoms with Crippen LogP contribution in [0, 0.1) is 30.6 Å². The first-order valence-corrected chi connectivity index (χ1v) is 8.26. The van der Waals surface area contributed by atoms with E-state index in [0.717, 1.165) is 6.08 Å². The summed E-state index contributed by atoms with van der Waals surface area (Å²) in [5, 5.41) is 19.6. The number of benzene rings is 1. The molecule has 0 aliphatic carbocycles. The molecule has 144 valence electrons. The zero-order valence-corrected chi connectivity index (χ0v) is 15.6. The number of carbonyl (C=O) groups is 1. The Labute approximate surface area is 161 Å². The highest BCUT2D eigenvalue weighted by molar-refractivity contribution is 6.11. The topological polar surface area (TPSA) is 116 Å². The van der Waals surface area contributed by atoms with Gasteiger partial charge in [-0.25, -0.2) is 13.8 Å². The molecule has 0 radical (unpaired) electrons. The molecule has 4 N–H and O–H groups in total. The molecule has 1 aromatic carbocycles. The van der Waals surface area contributed by atoms with Gasteiger partial charge in [0, 0.05) is 30.1 Å². The number of nitrogen functional groups attached to an aromatic ring is 1. The van der Waals surface area contributed by atoms with Crippen molar-refractivity contribution in [3.8, 4) is 6.07 Å². The molecule has 8 heteroatoms. The Morgan fingerprint density at radius 1 is 1.36 bits per heavy atom. The number of nitriles is 1. The number of alkyl halides is 2. The van der Waals surface area contributed by atoms with Crippen LogP contribution in [0.25, 0.3) is 0 Å². The van der Waals surface area contributed by atoms with Gasteiger partial charge in [-0.2, -0.15) is 5.26 Å². The van der Waals surface area contributed by atoms with Crippen LogP contribution < -0.4 is 11.1 Å². The minimum absolute atomic E-state index is 0.162. The molecule has 1 heterocycles. The van der Waals surface area contributed by atoms with Crippen molar-refractivity contribution in [1.82, 2.24) is 4.98 Å². The van der Waals surface area contributed by atoms with Crippen molar-refractivity contribution >= 4 is 23.0 Å². The lowest BCUT2D eigenvalue weighted by atomic mass is 10.0. The molecule has 1 aromatic heterocycles. The first-order valence-electron chi connectivity index (χ1n) is 8.26. The second-order valence-corrected chi connectivity index (χ2v) is 6.34. The van der Waals surface area contributed by atoms with Crippen LogP contribution in [0.15, 0.2) is 36.5 Å². The van der Waals surface area contributed by atoms with Crippen molar-refractivity contribution in [2.45, 2.75) is 26.7 Å². The van der Waals surface area contributed by atoms with E-state index in [1.54, 1.807) is 13.8 Å². The smallest absolute Gasteiger partial charge is 0.274 e. The van der Waals surface area contributed by atoms with Crippen LogP contribution >= 0.6 is 0 Å². The van der Waals surface area contributed by atoms with E-state index in [0.29, 0.717) is 35.4 Å². The highest BCUT2D eigenvalue weighted by Gasteiger charge is 2.17. The van der Waals surface area contributed by atoms with Crippen LogP contribution in [-0.4, -0.2) is 22.5 Å². The van der Waals surface area contributed by atoms with Crippen molar-refractivity contribution in [3.05, 3.63) is 64.5 Å². The summed E-state index contributed by atoms with van der Waals surface area (Å²) < 4.78 is 25.9. The van der Waals surface area contributed by atoms with Crippen LogP contribution in [0.4, 0.5) is 20.2 Å². The van der Waals surface area contributed by atoms with Crippen LogP contribution in [0.3, 0.4) is 0 Å². The molecule has 0 saturated heterocycles. The van der Waals surface area contributed by atoms with E-state index in [-0.39, 0.29) is 22.7 Å². The molecule has 0 bridgehead atoms. The SMILES string of the molecule is Cc1c(C#N)cnc(C(=O)Nc2ccc(N)c(C(=N)/C=C/C(C)(F)F)c2)c1C. The molecule has 0 aliphatic rings. The Bertz CT molecular complexity index is 1020. The third-order valence-electron chi connectivity index (χ3n) is 4.12. The van der Waals surface area contributed by atoms with E-state index in [9.17, 15) is 13.6 Å². The average molecular weight is 383 g/mol. The number of hydrogen-bond donors (Lipinski definition) is 3. The van der Waals surface area contributed by atoms with Gasteiger partial charge in [0.2, 0.25) is 0 Å². The summed E-state index contributed by atoms with van der Waals surface area (Å²) in [4.78, 5) is 16.6. The third-order valence-corrected chi connectivity index (χ3v) is 4.12. The van der Waals surface area contributed by atoms with E-state index in [4.69, 9.17) is 16.4 Å². The van der Waals surface area contributed by atoms with Gasteiger partial charge < -0.3 is 16.5 Å². The normalized spacial score (nSPS) is 11.3. The zero-order chi connectivity index (χ0) is 21.1. The second-order valence-electron chi connectivity index (χ2n) is 6.34. The molecule has 1 amide bonds. The Morgan fingerprint density at radius 2 is 2.04 bits per heavy atom. The number of nitrogens with two attached hydrogens (primary N) is 1. The highest BCUT2D eigenvalue weighted by atomic mass is 19.3. The molecule has 0 fully saturated rings. The molecule has 2 aromatic rings. The predicted molar refractivity (Wildman–Crippen MR) is 104 cm³/mol. The number of nitrogens with one attached hydrogen (secondary N) is 2. The van der Waals surface area contributed by atoms with E-state index in [1.807, 2.05) is 6.07 Å². The number of halogens is 2. The van der Waals surface area contributed by atoms with E-state index < -0.39 is 11.8 Å². The molecule has 2 rings (SSSR count). The monoisotopic (exact) mass is 383 g/mol. The number of anilines is 2. The van der Waals surface area contributed by atoms with Crippen LogP contribution in [0.2, 0.25) is 0 Å². The summed E-state index contributed by atoms with van der Waals surface area (Å²) in [5.41, 5.74) is 8.16. The summed E-state index contributed by atoms with van der Waals surface area (Å²) in [6, 6.07) is 6.45. The highest BCUT2D eigenvalue weighted by Crippen LogP contribution is 2.22. The Balaban J connectivity index is 2.30. The zero-order valence-electron chi connectivity index (χ0n) is 15.6. The maximum absolute atomic E-state index is 13.0. The Hall–Kier alpha value is -3.60. The molecule has 0 unspecified atom stereocenters. The van der Waals surface area contributed by atoms with E-state index in [1.165, 1.54) is 24.4 Å². The van der Waals surface area contributed by atoms with Crippen molar-refractivity contribution in [2.24, 2.45) is 0 Å². The molecule has 6 nitrogen and oxygen atoms in total. The summed E-state index contributed by atoms with van der Waals surface area (Å²) in [6.07, 6.45) is 2.90. The summed E-state index contributed by atoms with van der Waals surface area (Å²) >= 11 is 0. The van der Waals surface area contributed by atoms with Gasteiger partial charge in [-0.05, 0) is 55.3 Å². The lowest BCUT2D eigenvalue weighted by molar-refractivity contribution is 0.0775. The molecule has 0 atom stereocenters. The van der Waals surface area contributed by atoms with E-state index in [2.05, 4.69) is 10.3 Å². The van der Waals surface area contributed by atoms with Gasteiger partial charge in [0.1, 0.15) is 11.8 Å². The van der Waals surface area contributed by atoms with Crippen LogP contribution in [-0.2, 0) is 0 Å². The molecular weight excluding hydrogens is 364 g/mol. The maximum Gasteiger partial charge on any atom is 0.274 e. The number of amides is 1. The van der Waals surface area contributed by atoms with Crippen molar-refractivity contribution in [1.29, 1.82) is 10.7 Å². The maximum atomic E-state index is 13.0. The summed E-state index contributed by atoms with van der Waals surface area (Å²) in [7, 11) is 0. The number of pyridine rings is 1. The number of carbonyl (C=O) groups excluding carboxylic acids is 1. The predicted octanol–water partition coefficient (Wildman–Crippen LogP) is 3.98. The Kier molecular flexibility index (Phi) is 5.89. The minimum atomic E-state index is -3.05. The van der Waals surface area contributed by atoms with Gasteiger partial charge in [0.15, 0.2) is 0 Å². The van der Waals surface area contributed by atoms with Crippen molar-refractivity contribution in [2.75, 3.05) is 11.1 Å². The fourth-order valence-electron chi connectivity index (χ4n) is 2.42. The first kappa shape index (κ1) is 20.7. The van der Waals surface area contributed by atoms with Crippen LogP contribution in [0.5, 0.6) is 0 Å². The molecular formula is C20H19F2N5O. The van der Waals surface area contributed by atoms with Gasteiger partial charge in [-0.1, -0.05) is 0 Å². The fourth-order valence-corrected chi connectivity index (χ4v) is 2.42. The summed E-state index contributed by atoms with van der Waals surface area (Å²) in [6.45, 7) is 4.13. The number of hydrogen-bond acceptors (Lipinski definition) is 5. The molecule has 0 spiro atoms. The van der Waals surface area contributed by atoms with Crippen molar-refractivity contribution in [3.63, 3.8) is 0 Å². The van der Waals surface area contributed by atoms with Gasteiger partial charge in [0.25, 0.3) is 11.8 Å². The van der Waals surface area contributed by atoms with Gasteiger partial charge in [-0.3, -0.25) is 4.79 Å². The van der Waals surface area contributed by atoms with Gasteiger partial charge in [0.05, 0.1) is 11.3 Å². The quantitative estimate of drug-likeness (QED) is 0.535. The first-order chi connectivity index (χ1) is 13.0. The number of rotatable bonds is 5. The third kappa shape index (κ3) is 4.76. The van der Waals surface area contributed by atoms with E-state index >= 15 is 0 Å². The molecule has 28 heavy (non-hydrogen) atoms. The number of allylic oxidation sites excluding steroid dienone is 2. The van der Waals surface area contributed by atoms with Gasteiger partial charge >= 0.3 is 0 Å². The number of aromatic nitrogens is 1. The fraction of sp³-hybridized carbons (Fsp3) is 0.200. The lowest BCUT2D eigenvalue weighted by Crippen LogP contribution is -2.17. The average Bonchev–Trinajstić information content (AvgIpc) is 2.62. The summed E-state index contributed by atoms with van der Waals surface area (Å²) in [5.74, 6) is -3.55. The van der Waals surface area contributed by atoms with Crippen molar-refractivity contribution < 1.29 is 13.6 Å². The van der Waals surface area contributed by atoms with Crippen LogP contribution in [0.1, 0.15) is 39.7 Å². The molecule has 0 saturated carbocycles. The number of nitrogens with zero attached hydrogens (tertiary/aromatic N) is 2. The lowest BCUT2D eigenvalue weighted by Gasteiger charge is -2.12. The molecule has 0 aliphatic heterocycles. The Morgan fingerprint density at radius 3 is 2.64 bits per heavy atom. The largest absolute Gasteiger partial charge is 0.398 e. The standard InChI is InChI=1S/C20H19F2N5O/c1-11-12(2)18(26-10-13(11)9-23)19(28)27-14-4-5-16(24)15(8-14)17(25)6-7-20(3,21)22/h4-8,10,25H,24H2,1-3H3,(H,27,28)/b7-6+,25-17?. The minimum Gasteiger partial charge on any atom is -0.398 e. The van der Waals surface area contributed by atoms with Gasteiger partial charge in [-0.15, -0.1) is 0 Å².